The van der Waals surface area contributed by atoms with Crippen molar-refractivity contribution in [1.29, 1.82) is 0 Å². The number of carboxylic acid groups (broad SMARTS) is 1. The van der Waals surface area contributed by atoms with Gasteiger partial charge in [0.25, 0.3) is 0 Å². The maximum absolute atomic E-state index is 13.5. The number of nitrogens with one attached hydrogen (secondary N) is 1. The fourth-order valence-corrected chi connectivity index (χ4v) is 3.11. The normalized spacial score (nSPS) is 12.3. The van der Waals surface area contributed by atoms with Gasteiger partial charge in [-0.2, -0.15) is 0 Å². The largest absolute Gasteiger partial charge is 0.478 e. The van der Waals surface area contributed by atoms with Crippen LogP contribution in [0.15, 0.2) is 17.0 Å². The van der Waals surface area contributed by atoms with Crippen molar-refractivity contribution in [3.63, 3.8) is 0 Å². The number of rotatable bonds is 6. The fraction of sp³-hybridized carbons (Fsp3) is 0.300. The van der Waals surface area contributed by atoms with Gasteiger partial charge in [-0.25, -0.2) is 35.9 Å². The predicted octanol–water partition coefficient (Wildman–Crippen LogP) is -0.601. The highest BCUT2D eigenvalue weighted by atomic mass is 32.2. The summed E-state index contributed by atoms with van der Waals surface area (Å²) in [6.07, 6.45) is 0. The zero-order chi connectivity index (χ0) is 16.4. The van der Waals surface area contributed by atoms with Crippen molar-refractivity contribution in [2.24, 2.45) is 5.14 Å². The van der Waals surface area contributed by atoms with Crippen molar-refractivity contribution in [3.05, 3.63) is 29.1 Å². The van der Waals surface area contributed by atoms with Crippen molar-refractivity contribution >= 4 is 26.0 Å². The Bertz CT molecular complexity index is 773. The number of benzene rings is 1. The summed E-state index contributed by atoms with van der Waals surface area (Å²) >= 11 is 0. The van der Waals surface area contributed by atoms with Crippen LogP contribution >= 0.6 is 0 Å². The van der Waals surface area contributed by atoms with Crippen LogP contribution in [0.3, 0.4) is 0 Å². The lowest BCUT2D eigenvalue weighted by atomic mass is 10.1. The van der Waals surface area contributed by atoms with Gasteiger partial charge in [-0.15, -0.1) is 0 Å². The van der Waals surface area contributed by atoms with Crippen LogP contribution in [0.1, 0.15) is 15.9 Å². The Balaban J connectivity index is 3.12. The summed E-state index contributed by atoms with van der Waals surface area (Å²) in [5.41, 5.74) is -0.955. The molecule has 8 nitrogen and oxygen atoms in total. The lowest BCUT2D eigenvalue weighted by Gasteiger charge is -2.09. The molecule has 0 fully saturated rings. The molecule has 0 amide bonds. The van der Waals surface area contributed by atoms with Crippen LogP contribution in [0.4, 0.5) is 4.39 Å². The number of nitrogens with two attached hydrogens (primary N) is 1. The molecule has 11 heteroatoms. The Morgan fingerprint density at radius 1 is 1.33 bits per heavy atom. The van der Waals surface area contributed by atoms with Crippen LogP contribution in [0.25, 0.3) is 0 Å². The molecular formula is C10H13FN2O6S2. The van der Waals surface area contributed by atoms with Crippen LogP contribution in [0, 0.1) is 12.7 Å². The van der Waals surface area contributed by atoms with E-state index in [9.17, 15) is 26.0 Å². The van der Waals surface area contributed by atoms with E-state index in [0.29, 0.717) is 6.07 Å². The molecule has 0 aliphatic carbocycles. The van der Waals surface area contributed by atoms with E-state index in [1.165, 1.54) is 6.92 Å². The molecule has 1 aromatic carbocycles. The van der Waals surface area contributed by atoms with Crippen molar-refractivity contribution in [1.82, 2.24) is 4.72 Å². The zero-order valence-corrected chi connectivity index (χ0v) is 12.5. The standard InChI is InChI=1S/C10H13FN2O6S2/c1-6-4-7(5-8(9(6)11)10(14)15)21(18,19)13-2-3-20(12,16)17/h4-5,13H,2-3H2,1H3,(H,14,15)(H2,12,16,17). The molecule has 1 rings (SSSR count). The molecule has 4 N–H and O–H groups in total. The minimum absolute atomic E-state index is 0.165. The Labute approximate surface area is 120 Å². The number of aryl methyl sites for hydroxylation is 1. The number of primary sulfonamides is 1. The number of sulfonamides is 2. The van der Waals surface area contributed by atoms with Gasteiger partial charge >= 0.3 is 5.97 Å². The predicted molar refractivity (Wildman–Crippen MR) is 71.3 cm³/mol. The first-order valence-corrected chi connectivity index (χ1v) is 8.67. The van der Waals surface area contributed by atoms with Crippen molar-refractivity contribution in [3.8, 4) is 0 Å². The second-order valence-electron chi connectivity index (χ2n) is 4.17. The van der Waals surface area contributed by atoms with Crippen molar-refractivity contribution in [2.45, 2.75) is 11.8 Å². The summed E-state index contributed by atoms with van der Waals surface area (Å²) in [4.78, 5) is 10.4. The maximum Gasteiger partial charge on any atom is 0.338 e. The molecule has 0 heterocycles. The minimum atomic E-state index is -4.18. The van der Waals surface area contributed by atoms with E-state index in [1.54, 1.807) is 0 Å². The van der Waals surface area contributed by atoms with E-state index in [4.69, 9.17) is 10.2 Å². The highest BCUT2D eigenvalue weighted by Gasteiger charge is 2.21. The Morgan fingerprint density at radius 3 is 2.38 bits per heavy atom. The topological polar surface area (TPSA) is 144 Å². The van der Waals surface area contributed by atoms with E-state index >= 15 is 0 Å². The van der Waals surface area contributed by atoms with Crippen LogP contribution in [-0.2, 0) is 20.0 Å². The summed E-state index contributed by atoms with van der Waals surface area (Å²) in [6, 6.07) is 1.60. The van der Waals surface area contributed by atoms with E-state index < -0.39 is 54.6 Å². The van der Waals surface area contributed by atoms with Crippen LogP contribution < -0.4 is 9.86 Å². The van der Waals surface area contributed by atoms with Crippen molar-refractivity contribution < 1.29 is 31.1 Å². The van der Waals surface area contributed by atoms with Gasteiger partial charge in [-0.1, -0.05) is 0 Å². The average Bonchev–Trinajstić information content (AvgIpc) is 2.29. The highest BCUT2D eigenvalue weighted by molar-refractivity contribution is 7.90. The number of aromatic carboxylic acids is 1. The monoisotopic (exact) mass is 340 g/mol. The molecule has 0 saturated carbocycles. The van der Waals surface area contributed by atoms with Gasteiger partial charge in [0.2, 0.25) is 20.0 Å². The highest BCUT2D eigenvalue weighted by Crippen LogP contribution is 2.19. The van der Waals surface area contributed by atoms with Crippen LogP contribution in [0.5, 0.6) is 0 Å². The average molecular weight is 340 g/mol. The molecular weight excluding hydrogens is 327 g/mol. The number of halogens is 1. The third-order valence-corrected chi connectivity index (χ3v) is 4.66. The Morgan fingerprint density at radius 2 is 1.90 bits per heavy atom. The molecule has 0 aromatic heterocycles. The first-order valence-electron chi connectivity index (χ1n) is 5.47. The van der Waals surface area contributed by atoms with Gasteiger partial charge in [-0.05, 0) is 24.6 Å². The van der Waals surface area contributed by atoms with Crippen LogP contribution in [0.2, 0.25) is 0 Å². The molecule has 0 aliphatic rings. The molecule has 0 unspecified atom stereocenters. The molecule has 0 saturated heterocycles. The molecule has 0 radical (unpaired) electrons. The fourth-order valence-electron chi connectivity index (χ4n) is 1.45. The zero-order valence-electron chi connectivity index (χ0n) is 10.8. The number of hydrogen-bond donors (Lipinski definition) is 3. The summed E-state index contributed by atoms with van der Waals surface area (Å²) in [6.45, 7) is 0.727. The Kier molecular flexibility index (Phi) is 5.04. The minimum Gasteiger partial charge on any atom is -0.478 e. The SMILES string of the molecule is Cc1cc(S(=O)(=O)NCCS(N)(=O)=O)cc(C(=O)O)c1F. The summed E-state index contributed by atoms with van der Waals surface area (Å²) in [5.74, 6) is -3.28. The maximum atomic E-state index is 13.5. The first kappa shape index (κ1) is 17.5. The number of carbonyl (C=O) groups is 1. The van der Waals surface area contributed by atoms with Crippen LogP contribution in [-0.4, -0.2) is 40.2 Å². The second kappa shape index (κ2) is 6.05. The molecule has 1 aromatic rings. The van der Waals surface area contributed by atoms with E-state index in [0.717, 1.165) is 6.07 Å². The molecule has 21 heavy (non-hydrogen) atoms. The van der Waals surface area contributed by atoms with Gasteiger partial charge in [0.1, 0.15) is 5.82 Å². The van der Waals surface area contributed by atoms with Gasteiger partial charge in [0.15, 0.2) is 0 Å². The lowest BCUT2D eigenvalue weighted by molar-refractivity contribution is 0.0691. The van der Waals surface area contributed by atoms with Gasteiger partial charge < -0.3 is 5.11 Å². The van der Waals surface area contributed by atoms with Gasteiger partial charge in [0.05, 0.1) is 16.2 Å². The molecule has 0 atom stereocenters. The van der Waals surface area contributed by atoms with Gasteiger partial charge in [0, 0.05) is 6.54 Å². The molecule has 0 spiro atoms. The number of carboxylic acids is 1. The van der Waals surface area contributed by atoms with E-state index in [-0.39, 0.29) is 5.56 Å². The van der Waals surface area contributed by atoms with Gasteiger partial charge in [-0.3, -0.25) is 0 Å². The molecule has 118 valence electrons. The summed E-state index contributed by atoms with van der Waals surface area (Å²) < 4.78 is 60.7. The molecule has 0 bridgehead atoms. The summed E-state index contributed by atoms with van der Waals surface area (Å²) in [5, 5.41) is 13.5. The summed E-state index contributed by atoms with van der Waals surface area (Å²) in [7, 11) is -8.02. The molecule has 0 aliphatic heterocycles. The van der Waals surface area contributed by atoms with E-state index in [1.807, 2.05) is 4.72 Å². The Hall–Kier alpha value is -1.56. The van der Waals surface area contributed by atoms with E-state index in [2.05, 4.69) is 0 Å². The lowest BCUT2D eigenvalue weighted by Crippen LogP contribution is -2.31. The number of hydrogen-bond acceptors (Lipinski definition) is 5. The smallest absolute Gasteiger partial charge is 0.338 e. The third kappa shape index (κ3) is 4.74. The third-order valence-electron chi connectivity index (χ3n) is 2.45. The second-order valence-corrected chi connectivity index (χ2v) is 7.67. The van der Waals surface area contributed by atoms with Crippen molar-refractivity contribution in [2.75, 3.05) is 12.3 Å². The quantitative estimate of drug-likeness (QED) is 0.631. The first-order chi connectivity index (χ1) is 9.44.